The van der Waals surface area contributed by atoms with Crippen LogP contribution in [0.4, 0.5) is 0 Å². The van der Waals surface area contributed by atoms with Gasteiger partial charge in [-0.05, 0) is 32.2 Å². The highest BCUT2D eigenvalue weighted by Gasteiger charge is 2.13. The number of carbonyl (C=O) groups is 1. The summed E-state index contributed by atoms with van der Waals surface area (Å²) in [4.78, 5) is 11.2. The number of hydrogen-bond donors (Lipinski definition) is 2. The van der Waals surface area contributed by atoms with Gasteiger partial charge in [-0.3, -0.25) is 4.79 Å². The van der Waals surface area contributed by atoms with Gasteiger partial charge in [-0.2, -0.15) is 0 Å². The summed E-state index contributed by atoms with van der Waals surface area (Å²) >= 11 is 0. The van der Waals surface area contributed by atoms with Gasteiger partial charge in [0, 0.05) is 19.2 Å². The molecule has 1 aliphatic heterocycles. The molecule has 0 bridgehead atoms. The van der Waals surface area contributed by atoms with E-state index < -0.39 is 0 Å². The van der Waals surface area contributed by atoms with Crippen LogP contribution in [-0.2, 0) is 9.53 Å². The molecule has 0 aliphatic carbocycles. The van der Waals surface area contributed by atoms with Crippen molar-refractivity contribution >= 4 is 5.91 Å². The number of carbonyl (C=O) groups excluding carboxylic acids is 1. The van der Waals surface area contributed by atoms with Crippen molar-refractivity contribution in [1.29, 1.82) is 0 Å². The summed E-state index contributed by atoms with van der Waals surface area (Å²) in [5.74, 6) is 0.00134. The lowest BCUT2D eigenvalue weighted by Crippen LogP contribution is -2.32. The van der Waals surface area contributed by atoms with Crippen LogP contribution in [0.1, 0.15) is 32.6 Å². The monoisotopic (exact) mass is 214 g/mol. The third kappa shape index (κ3) is 5.74. The molecule has 1 atom stereocenters. The first-order chi connectivity index (χ1) is 7.33. The standard InChI is InChI=1S/C11H22N2O2/c1-2-8-15-9-11(14)13-7-5-10-4-3-6-12-10/h10,12H,2-9H2,1H3,(H,13,14)/t10-/m0/s1. The summed E-state index contributed by atoms with van der Waals surface area (Å²) in [7, 11) is 0. The fourth-order valence-electron chi connectivity index (χ4n) is 1.75. The smallest absolute Gasteiger partial charge is 0.245 e. The summed E-state index contributed by atoms with van der Waals surface area (Å²) in [6.07, 6.45) is 4.49. The van der Waals surface area contributed by atoms with Crippen LogP contribution in [0.2, 0.25) is 0 Å². The number of hydrogen-bond acceptors (Lipinski definition) is 3. The van der Waals surface area contributed by atoms with Crippen LogP contribution in [0.15, 0.2) is 0 Å². The highest BCUT2D eigenvalue weighted by molar-refractivity contribution is 5.77. The molecule has 0 spiro atoms. The van der Waals surface area contributed by atoms with Gasteiger partial charge in [0.1, 0.15) is 6.61 Å². The van der Waals surface area contributed by atoms with Crippen LogP contribution in [0.3, 0.4) is 0 Å². The van der Waals surface area contributed by atoms with Crippen LogP contribution in [0.25, 0.3) is 0 Å². The first kappa shape index (κ1) is 12.5. The highest BCUT2D eigenvalue weighted by Crippen LogP contribution is 2.07. The lowest BCUT2D eigenvalue weighted by atomic mass is 10.1. The SMILES string of the molecule is CCCOCC(=O)NCC[C@@H]1CCCN1. The van der Waals surface area contributed by atoms with E-state index in [-0.39, 0.29) is 12.5 Å². The Balaban J connectivity index is 1.91. The molecule has 0 aromatic heterocycles. The molecule has 1 saturated heterocycles. The quantitative estimate of drug-likeness (QED) is 0.612. The average Bonchev–Trinajstić information content (AvgIpc) is 2.71. The van der Waals surface area contributed by atoms with Gasteiger partial charge in [-0.15, -0.1) is 0 Å². The Labute approximate surface area is 91.8 Å². The van der Waals surface area contributed by atoms with E-state index in [4.69, 9.17) is 4.74 Å². The van der Waals surface area contributed by atoms with Crippen molar-refractivity contribution in [2.75, 3.05) is 26.3 Å². The van der Waals surface area contributed by atoms with Crippen molar-refractivity contribution in [3.8, 4) is 0 Å². The molecule has 1 fully saturated rings. The average molecular weight is 214 g/mol. The Morgan fingerprint density at radius 3 is 3.13 bits per heavy atom. The van der Waals surface area contributed by atoms with Crippen LogP contribution in [0.5, 0.6) is 0 Å². The van der Waals surface area contributed by atoms with E-state index in [1.165, 1.54) is 12.8 Å². The molecule has 15 heavy (non-hydrogen) atoms. The van der Waals surface area contributed by atoms with Gasteiger partial charge < -0.3 is 15.4 Å². The summed E-state index contributed by atoms with van der Waals surface area (Å²) < 4.78 is 5.14. The number of ether oxygens (including phenoxy) is 1. The fraction of sp³-hybridized carbons (Fsp3) is 0.909. The Kier molecular flexibility index (Phi) is 6.36. The van der Waals surface area contributed by atoms with Crippen molar-refractivity contribution < 1.29 is 9.53 Å². The third-order valence-electron chi connectivity index (χ3n) is 2.56. The first-order valence-corrected chi connectivity index (χ1v) is 5.90. The molecular weight excluding hydrogens is 192 g/mol. The molecule has 0 aromatic rings. The highest BCUT2D eigenvalue weighted by atomic mass is 16.5. The molecule has 0 saturated carbocycles. The Morgan fingerprint density at radius 1 is 1.60 bits per heavy atom. The number of rotatable bonds is 7. The first-order valence-electron chi connectivity index (χ1n) is 5.90. The maximum atomic E-state index is 11.2. The molecule has 1 amide bonds. The van der Waals surface area contributed by atoms with Crippen LogP contribution in [-0.4, -0.2) is 38.3 Å². The molecule has 1 rings (SSSR count). The zero-order valence-electron chi connectivity index (χ0n) is 9.55. The minimum absolute atomic E-state index is 0.00134. The van der Waals surface area contributed by atoms with E-state index in [2.05, 4.69) is 10.6 Å². The third-order valence-corrected chi connectivity index (χ3v) is 2.56. The van der Waals surface area contributed by atoms with Crippen LogP contribution >= 0.6 is 0 Å². The predicted octanol–water partition coefficient (Wildman–Crippen LogP) is 0.671. The van der Waals surface area contributed by atoms with Crippen molar-refractivity contribution in [3.05, 3.63) is 0 Å². The van der Waals surface area contributed by atoms with Crippen LogP contribution < -0.4 is 10.6 Å². The van der Waals surface area contributed by atoms with E-state index in [0.717, 1.165) is 25.9 Å². The zero-order chi connectivity index (χ0) is 10.9. The lowest BCUT2D eigenvalue weighted by molar-refractivity contribution is -0.125. The normalized spacial score (nSPS) is 20.5. The molecule has 2 N–H and O–H groups in total. The minimum atomic E-state index is 0.00134. The van der Waals surface area contributed by atoms with Crippen molar-refractivity contribution in [2.24, 2.45) is 0 Å². The molecule has 0 unspecified atom stereocenters. The van der Waals surface area contributed by atoms with Gasteiger partial charge in [-0.1, -0.05) is 6.92 Å². The van der Waals surface area contributed by atoms with Crippen molar-refractivity contribution in [2.45, 2.75) is 38.6 Å². The van der Waals surface area contributed by atoms with Gasteiger partial charge in [0.25, 0.3) is 0 Å². The van der Waals surface area contributed by atoms with E-state index >= 15 is 0 Å². The Hall–Kier alpha value is -0.610. The van der Waals surface area contributed by atoms with Crippen molar-refractivity contribution in [1.82, 2.24) is 10.6 Å². The van der Waals surface area contributed by atoms with Gasteiger partial charge in [0.15, 0.2) is 0 Å². The van der Waals surface area contributed by atoms with Gasteiger partial charge in [0.2, 0.25) is 5.91 Å². The van der Waals surface area contributed by atoms with E-state index in [1.807, 2.05) is 6.92 Å². The Morgan fingerprint density at radius 2 is 2.47 bits per heavy atom. The molecule has 4 nitrogen and oxygen atoms in total. The minimum Gasteiger partial charge on any atom is -0.372 e. The maximum Gasteiger partial charge on any atom is 0.245 e. The molecule has 1 heterocycles. The Bertz CT molecular complexity index is 179. The maximum absolute atomic E-state index is 11.2. The fourth-order valence-corrected chi connectivity index (χ4v) is 1.75. The lowest BCUT2D eigenvalue weighted by Gasteiger charge is -2.10. The summed E-state index contributed by atoms with van der Waals surface area (Å²) in [6, 6.07) is 0.599. The molecular formula is C11H22N2O2. The summed E-state index contributed by atoms with van der Waals surface area (Å²) in [5, 5.41) is 6.26. The van der Waals surface area contributed by atoms with E-state index in [1.54, 1.807) is 0 Å². The van der Waals surface area contributed by atoms with Gasteiger partial charge in [0.05, 0.1) is 0 Å². The molecule has 1 aliphatic rings. The van der Waals surface area contributed by atoms with E-state index in [9.17, 15) is 4.79 Å². The summed E-state index contributed by atoms with van der Waals surface area (Å²) in [6.45, 7) is 4.78. The van der Waals surface area contributed by atoms with Gasteiger partial charge in [-0.25, -0.2) is 0 Å². The van der Waals surface area contributed by atoms with Gasteiger partial charge >= 0.3 is 0 Å². The second-order valence-corrected chi connectivity index (χ2v) is 3.98. The number of nitrogens with one attached hydrogen (secondary N) is 2. The van der Waals surface area contributed by atoms with Crippen molar-refractivity contribution in [3.63, 3.8) is 0 Å². The topological polar surface area (TPSA) is 50.4 Å². The second-order valence-electron chi connectivity index (χ2n) is 3.98. The van der Waals surface area contributed by atoms with E-state index in [0.29, 0.717) is 12.6 Å². The largest absolute Gasteiger partial charge is 0.372 e. The molecule has 88 valence electrons. The molecule has 0 aromatic carbocycles. The zero-order valence-corrected chi connectivity index (χ0v) is 9.55. The predicted molar refractivity (Wildman–Crippen MR) is 59.8 cm³/mol. The second kappa shape index (κ2) is 7.65. The molecule has 0 radical (unpaired) electrons. The number of amides is 1. The molecule has 4 heteroatoms. The summed E-state index contributed by atoms with van der Waals surface area (Å²) in [5.41, 5.74) is 0. The van der Waals surface area contributed by atoms with Crippen LogP contribution in [0, 0.1) is 0 Å².